The minimum atomic E-state index is -0.747. The van der Waals surface area contributed by atoms with Crippen molar-refractivity contribution in [3.63, 3.8) is 0 Å². The first-order valence-electron chi connectivity index (χ1n) is 20.3. The van der Waals surface area contributed by atoms with Gasteiger partial charge in [-0.05, 0) is 91.5 Å². The summed E-state index contributed by atoms with van der Waals surface area (Å²) in [6, 6.07) is 29.9. The Kier molecular flexibility index (Phi) is 16.0. The van der Waals surface area contributed by atoms with Gasteiger partial charge in [0.25, 0.3) is 0 Å². The molecule has 1 fully saturated rings. The second-order valence-corrected chi connectivity index (χ2v) is 15.3. The number of phenolic OH excluding ortho intramolecular Hbond substituents is 1. The summed E-state index contributed by atoms with van der Waals surface area (Å²) in [4.78, 5) is 56.9. The highest BCUT2D eigenvalue weighted by Gasteiger charge is 2.24. The average molecular weight is 803 g/mol. The summed E-state index contributed by atoms with van der Waals surface area (Å²) in [5, 5.41) is 24.6. The van der Waals surface area contributed by atoms with Gasteiger partial charge in [0.05, 0.1) is 17.3 Å². The third-order valence-corrected chi connectivity index (χ3v) is 11.1. The van der Waals surface area contributed by atoms with Gasteiger partial charge in [0.15, 0.2) is 0 Å². The molecule has 0 unspecified atom stereocenters. The minimum absolute atomic E-state index is 0. The molecule has 0 aliphatic carbocycles. The number of phenols is 1. The monoisotopic (exact) mass is 802 g/mol. The first kappa shape index (κ1) is 44.3. The number of nitrogens with one attached hydrogen (secondary N) is 2. The molecule has 6 rings (SSSR count). The molecule has 0 radical (unpaired) electrons. The largest absolute Gasteiger partial charge is 0.506 e. The molecule has 0 bridgehead atoms. The summed E-state index contributed by atoms with van der Waals surface area (Å²) in [5.41, 5.74) is 6.49. The van der Waals surface area contributed by atoms with Crippen molar-refractivity contribution in [3.05, 3.63) is 130 Å². The van der Waals surface area contributed by atoms with Gasteiger partial charge in [0.1, 0.15) is 17.6 Å². The number of anilines is 1. The van der Waals surface area contributed by atoms with Gasteiger partial charge in [-0.3, -0.25) is 19.7 Å². The summed E-state index contributed by atoms with van der Waals surface area (Å²) < 4.78 is 5.76. The third-order valence-electron chi connectivity index (χ3n) is 11.1. The van der Waals surface area contributed by atoms with Crippen molar-refractivity contribution in [3.8, 4) is 16.9 Å². The van der Waals surface area contributed by atoms with Gasteiger partial charge in [0, 0.05) is 69.5 Å². The normalized spacial score (nSPS) is 13.7. The number of aryl methyl sites for hydroxylation is 2. The van der Waals surface area contributed by atoms with Crippen LogP contribution < -0.4 is 10.9 Å². The summed E-state index contributed by atoms with van der Waals surface area (Å²) >= 11 is 0. The Labute approximate surface area is 347 Å². The van der Waals surface area contributed by atoms with E-state index in [-0.39, 0.29) is 36.5 Å². The number of aromatic nitrogens is 1. The molecule has 11 heteroatoms. The van der Waals surface area contributed by atoms with Crippen molar-refractivity contribution >= 4 is 34.4 Å². The minimum Gasteiger partial charge on any atom is -0.506 e. The molecule has 1 saturated heterocycles. The van der Waals surface area contributed by atoms with Crippen LogP contribution in [0, 0.1) is 6.92 Å². The van der Waals surface area contributed by atoms with Crippen LogP contribution >= 0.6 is 0 Å². The van der Waals surface area contributed by atoms with E-state index in [1.807, 2.05) is 73.7 Å². The predicted octanol–water partition coefficient (Wildman–Crippen LogP) is 8.35. The number of ketones is 1. The Morgan fingerprint density at radius 3 is 2.44 bits per heavy atom. The number of fused-ring (bicyclic) bond motifs is 1. The number of pyridine rings is 1. The number of carbonyl (C=O) groups is 3. The molecule has 4 aromatic carbocycles. The van der Waals surface area contributed by atoms with Crippen LogP contribution in [0.15, 0.2) is 102 Å². The highest BCUT2D eigenvalue weighted by atomic mass is 16.6. The van der Waals surface area contributed by atoms with Crippen molar-refractivity contribution in [2.45, 2.75) is 84.3 Å². The molecule has 11 nitrogen and oxygen atoms in total. The Hall–Kier alpha value is -5.78. The number of rotatable bonds is 17. The van der Waals surface area contributed by atoms with E-state index in [2.05, 4.69) is 21.3 Å². The number of likely N-dealkylation sites (tertiary alicyclic amines) is 1. The van der Waals surface area contributed by atoms with Crippen LogP contribution in [0.3, 0.4) is 0 Å². The average Bonchev–Trinajstić information content (AvgIpc) is 3.22. The van der Waals surface area contributed by atoms with Gasteiger partial charge >= 0.3 is 6.09 Å². The second-order valence-electron chi connectivity index (χ2n) is 15.3. The fraction of sp³-hybridized carbons (Fsp3) is 0.375. The number of para-hydroxylation sites is 1. The van der Waals surface area contributed by atoms with Crippen LogP contribution in [0.25, 0.3) is 22.0 Å². The van der Waals surface area contributed by atoms with Crippen LogP contribution in [0.4, 0.5) is 10.5 Å². The second kappa shape index (κ2) is 21.3. The van der Waals surface area contributed by atoms with Gasteiger partial charge < -0.3 is 29.7 Å². The molecule has 1 aliphatic rings. The van der Waals surface area contributed by atoms with Crippen molar-refractivity contribution in [2.75, 3.05) is 38.5 Å². The lowest BCUT2D eigenvalue weighted by atomic mass is 9.95. The summed E-state index contributed by atoms with van der Waals surface area (Å²) in [6.45, 7) is 4.66. The number of aliphatic hydroxyl groups is 1. The van der Waals surface area contributed by atoms with Gasteiger partial charge in [-0.2, -0.15) is 0 Å². The van der Waals surface area contributed by atoms with Crippen LogP contribution in [-0.2, 0) is 27.2 Å². The third kappa shape index (κ3) is 12.4. The van der Waals surface area contributed by atoms with Crippen molar-refractivity contribution < 1.29 is 29.3 Å². The molecule has 1 aliphatic heterocycles. The molecule has 312 valence electrons. The SMILES string of the molecule is C.Cc1cc(CCC[C@H](O)c2ccc(O)c3[nH]c(=O)ccc23)ccc1CC(=O)CCCN(C)C(=O)CCN1CCC(OC(=O)Nc2ccccc2-c2ccccc2)CC1. The van der Waals surface area contributed by atoms with E-state index in [0.29, 0.717) is 80.2 Å². The molecule has 0 saturated carbocycles. The summed E-state index contributed by atoms with van der Waals surface area (Å²) in [5.74, 6) is 0.157. The number of aromatic hydroxyl groups is 1. The molecule has 0 spiro atoms. The Morgan fingerprint density at radius 1 is 0.932 bits per heavy atom. The summed E-state index contributed by atoms with van der Waals surface area (Å²) in [6.07, 6.45) is 3.77. The maximum atomic E-state index is 12.9. The molecule has 59 heavy (non-hydrogen) atoms. The number of ether oxygens (including phenoxy) is 1. The van der Waals surface area contributed by atoms with Crippen molar-refractivity contribution in [2.24, 2.45) is 0 Å². The lowest BCUT2D eigenvalue weighted by Crippen LogP contribution is -2.40. The van der Waals surface area contributed by atoms with Crippen LogP contribution in [0.2, 0.25) is 0 Å². The predicted molar refractivity (Wildman–Crippen MR) is 234 cm³/mol. The van der Waals surface area contributed by atoms with Gasteiger partial charge in [-0.1, -0.05) is 80.2 Å². The van der Waals surface area contributed by atoms with E-state index in [1.165, 1.54) is 12.1 Å². The molecule has 4 N–H and O–H groups in total. The Morgan fingerprint density at radius 2 is 1.68 bits per heavy atom. The Bertz CT molecular complexity index is 2250. The summed E-state index contributed by atoms with van der Waals surface area (Å²) in [7, 11) is 1.79. The molecule has 1 atom stereocenters. The number of hydrogen-bond donors (Lipinski definition) is 4. The maximum Gasteiger partial charge on any atom is 0.411 e. The topological polar surface area (TPSA) is 152 Å². The van der Waals surface area contributed by atoms with Crippen molar-refractivity contribution in [1.82, 2.24) is 14.8 Å². The van der Waals surface area contributed by atoms with E-state index in [1.54, 1.807) is 24.1 Å². The standard InChI is InChI=1S/C47H54N4O7.CH4/c1-32-30-33(10-8-16-42(53)39-19-21-43(54)46-40(39)20-22-44(55)49-46)17-18-35(32)31-36(52)13-9-26-50(2)45(56)25-29-51-27-23-37(24-28-51)58-47(57)48-41-15-7-6-14-38(41)34-11-4-3-5-12-34;/h3-7,11-12,14-15,17-22,30,37,42,53-54H,8-10,13,16,23-29,31H2,1-2H3,(H,48,57)(H,49,55);1H4/t42-;/m0./s1. The van der Waals surface area contributed by atoms with Crippen molar-refractivity contribution in [1.29, 1.82) is 0 Å². The maximum absolute atomic E-state index is 12.9. The van der Waals surface area contributed by atoms with Gasteiger partial charge in [-0.25, -0.2) is 4.79 Å². The molecule has 2 heterocycles. The highest BCUT2D eigenvalue weighted by Crippen LogP contribution is 2.31. The fourth-order valence-electron chi connectivity index (χ4n) is 7.70. The van der Waals surface area contributed by atoms with Crippen LogP contribution in [0.5, 0.6) is 5.75 Å². The number of Topliss-reactive ketones (excluding diaryl/α,β-unsaturated/α-hetero) is 1. The molecule has 2 amide bonds. The molecule has 5 aromatic rings. The number of nitrogens with zero attached hydrogens (tertiary/aromatic N) is 2. The first-order valence-corrected chi connectivity index (χ1v) is 20.3. The van der Waals surface area contributed by atoms with E-state index in [9.17, 15) is 29.4 Å². The fourth-order valence-corrected chi connectivity index (χ4v) is 7.70. The van der Waals surface area contributed by atoms with Crippen LogP contribution in [-0.4, -0.2) is 82.1 Å². The number of amides is 2. The first-order chi connectivity index (χ1) is 28.0. The van der Waals surface area contributed by atoms with E-state index in [0.717, 1.165) is 53.7 Å². The molecular weight excluding hydrogens is 745 g/mol. The zero-order chi connectivity index (χ0) is 41.0. The number of aromatic amines is 1. The zero-order valence-corrected chi connectivity index (χ0v) is 33.4. The number of benzene rings is 4. The number of aliphatic hydroxyl groups excluding tert-OH is 1. The van der Waals surface area contributed by atoms with E-state index in [4.69, 9.17) is 4.74 Å². The molecule has 1 aromatic heterocycles. The Balaban J connectivity index is 0.00000661. The quantitative estimate of drug-likeness (QED) is 0.0733. The zero-order valence-electron chi connectivity index (χ0n) is 33.4. The van der Waals surface area contributed by atoms with Gasteiger partial charge in [-0.15, -0.1) is 0 Å². The van der Waals surface area contributed by atoms with Gasteiger partial charge in [0.2, 0.25) is 11.5 Å². The number of piperidine rings is 1. The molecular formula is C48H58N4O7. The smallest absolute Gasteiger partial charge is 0.411 e. The highest BCUT2D eigenvalue weighted by molar-refractivity contribution is 5.91. The van der Waals surface area contributed by atoms with E-state index < -0.39 is 12.2 Å². The number of hydrogen-bond acceptors (Lipinski definition) is 8. The number of H-pyrrole nitrogens is 1. The van der Waals surface area contributed by atoms with E-state index >= 15 is 0 Å². The lowest BCUT2D eigenvalue weighted by molar-refractivity contribution is -0.130. The number of carbonyl (C=O) groups excluding carboxylic acids is 3. The lowest BCUT2D eigenvalue weighted by Gasteiger charge is -2.31. The van der Waals surface area contributed by atoms with Crippen LogP contribution in [0.1, 0.15) is 80.7 Å².